The van der Waals surface area contributed by atoms with Crippen LogP contribution in [-0.4, -0.2) is 33.5 Å². The van der Waals surface area contributed by atoms with Gasteiger partial charge >= 0.3 is 5.97 Å². The van der Waals surface area contributed by atoms with E-state index >= 15 is 8.78 Å². The number of aromatic nitrogens is 1. The Balaban J connectivity index is 1.78. The highest BCUT2D eigenvalue weighted by atomic mass is 32.1. The van der Waals surface area contributed by atoms with Crippen molar-refractivity contribution in [1.82, 2.24) is 9.47 Å². The lowest BCUT2D eigenvalue weighted by molar-refractivity contribution is -0.118. The number of rotatable bonds is 11. The van der Waals surface area contributed by atoms with Gasteiger partial charge in [0.1, 0.15) is 22.0 Å². The number of benzene rings is 3. The highest BCUT2D eigenvalue weighted by Gasteiger charge is 2.30. The molecule has 47 heavy (non-hydrogen) atoms. The Morgan fingerprint density at radius 1 is 0.894 bits per heavy atom. The van der Waals surface area contributed by atoms with E-state index < -0.39 is 34.5 Å². The van der Waals surface area contributed by atoms with Crippen LogP contribution < -0.4 is 10.7 Å². The first kappa shape index (κ1) is 33.7. The molecular weight excluding hydrogens is 620 g/mol. The summed E-state index contributed by atoms with van der Waals surface area (Å²) in [6, 6.07) is 20.7. The molecule has 2 aromatic heterocycles. The summed E-state index contributed by atoms with van der Waals surface area (Å²) >= 11 is 1.28. The molecule has 2 N–H and O–H groups in total. The van der Waals surface area contributed by atoms with Crippen molar-refractivity contribution in [2.75, 3.05) is 12.4 Å². The number of hydrogen-bond acceptors (Lipinski definition) is 5. The van der Waals surface area contributed by atoms with Crippen molar-refractivity contribution in [1.29, 1.82) is 0 Å². The summed E-state index contributed by atoms with van der Waals surface area (Å²) in [7, 11) is 1.92. The molecule has 3 aromatic carbocycles. The van der Waals surface area contributed by atoms with Crippen LogP contribution in [0.3, 0.4) is 0 Å². The molecule has 0 radical (unpaired) electrons. The summed E-state index contributed by atoms with van der Waals surface area (Å²) in [6.45, 7) is 7.67. The Labute approximate surface area is 276 Å². The summed E-state index contributed by atoms with van der Waals surface area (Å²) in [5.41, 5.74) is 1.97. The third-order valence-corrected chi connectivity index (χ3v) is 9.34. The number of halogens is 2. The van der Waals surface area contributed by atoms with E-state index in [0.717, 1.165) is 28.1 Å². The summed E-state index contributed by atoms with van der Waals surface area (Å²) < 4.78 is 31.7. The third-order valence-electron chi connectivity index (χ3n) is 8.04. The summed E-state index contributed by atoms with van der Waals surface area (Å²) in [5, 5.41) is 13.5. The molecule has 244 valence electrons. The second kappa shape index (κ2) is 14.0. The monoisotopic (exact) mass is 657 g/mol. The minimum atomic E-state index is -1.40. The van der Waals surface area contributed by atoms with E-state index in [1.165, 1.54) is 17.4 Å². The standard InChI is InChI=1S/C37H37F2N3O4S/c1-21(2)32-31(37(45)46)33(43)30-27(19-41(5)18-23-10-7-6-8-11-23)34(24-14-16-25(17-15-24)40-35(44)22(3)4)47-36(30)42(32)20-26-28(38)12-9-13-29(26)39/h6-17,21-22H,18-20H2,1-5H3,(H,40,44)(H,45,46). The van der Waals surface area contributed by atoms with Crippen molar-refractivity contribution in [2.45, 2.75) is 53.2 Å². The molecule has 0 aliphatic carbocycles. The van der Waals surface area contributed by atoms with Gasteiger partial charge in [0.15, 0.2) is 0 Å². The second-order valence-corrected chi connectivity index (χ2v) is 13.3. The van der Waals surface area contributed by atoms with E-state index in [9.17, 15) is 19.5 Å². The molecule has 0 fully saturated rings. The van der Waals surface area contributed by atoms with E-state index in [2.05, 4.69) is 5.32 Å². The number of nitrogens with zero attached hydrogens (tertiary/aromatic N) is 2. The van der Waals surface area contributed by atoms with Crippen molar-refractivity contribution in [3.63, 3.8) is 0 Å². The predicted octanol–water partition coefficient (Wildman–Crippen LogP) is 8.10. The summed E-state index contributed by atoms with van der Waals surface area (Å²) in [5.74, 6) is -3.70. The minimum absolute atomic E-state index is 0.123. The van der Waals surface area contributed by atoms with Crippen LogP contribution in [0.1, 0.15) is 66.4 Å². The number of carboxylic acids is 1. The molecule has 7 nitrogen and oxygen atoms in total. The minimum Gasteiger partial charge on any atom is -0.477 e. The van der Waals surface area contributed by atoms with Gasteiger partial charge in [-0.25, -0.2) is 13.6 Å². The number of anilines is 1. The number of nitrogens with one attached hydrogen (secondary N) is 1. The van der Waals surface area contributed by atoms with Crippen LogP contribution in [0.25, 0.3) is 20.7 Å². The SMILES string of the molecule is CC(C)C(=O)Nc1ccc(-c2sc3c(c2CN(C)Cc2ccccc2)c(=O)c(C(=O)O)c(C(C)C)n3Cc2c(F)cccc2F)cc1. The zero-order chi connectivity index (χ0) is 34.0. The first-order chi connectivity index (χ1) is 22.4. The Morgan fingerprint density at radius 2 is 1.53 bits per heavy atom. The van der Waals surface area contributed by atoms with Gasteiger partial charge in [-0.2, -0.15) is 0 Å². The molecule has 0 saturated heterocycles. The first-order valence-corrected chi connectivity index (χ1v) is 16.2. The van der Waals surface area contributed by atoms with Gasteiger partial charge in [0.25, 0.3) is 0 Å². The molecule has 0 atom stereocenters. The van der Waals surface area contributed by atoms with Gasteiger partial charge in [0, 0.05) is 40.8 Å². The Morgan fingerprint density at radius 3 is 2.11 bits per heavy atom. The van der Waals surface area contributed by atoms with Crippen molar-refractivity contribution >= 4 is 39.1 Å². The van der Waals surface area contributed by atoms with Crippen molar-refractivity contribution in [2.24, 2.45) is 5.92 Å². The van der Waals surface area contributed by atoms with E-state index in [0.29, 0.717) is 29.2 Å². The smallest absolute Gasteiger partial charge is 0.341 e. The maximum Gasteiger partial charge on any atom is 0.341 e. The predicted molar refractivity (Wildman–Crippen MR) is 183 cm³/mol. The van der Waals surface area contributed by atoms with Crippen LogP contribution in [0.5, 0.6) is 0 Å². The maximum atomic E-state index is 15.0. The normalized spacial score (nSPS) is 11.6. The van der Waals surface area contributed by atoms with Crippen LogP contribution in [0.15, 0.2) is 77.6 Å². The molecule has 0 aliphatic rings. The van der Waals surface area contributed by atoms with Gasteiger partial charge in [-0.15, -0.1) is 11.3 Å². The molecule has 10 heteroatoms. The molecule has 2 heterocycles. The van der Waals surface area contributed by atoms with Crippen LogP contribution >= 0.6 is 11.3 Å². The maximum absolute atomic E-state index is 15.0. The Kier molecular flexibility index (Phi) is 10.0. The number of carboxylic acid groups (broad SMARTS) is 1. The van der Waals surface area contributed by atoms with Gasteiger partial charge in [-0.05, 0) is 53.9 Å². The van der Waals surface area contributed by atoms with Crippen LogP contribution in [0, 0.1) is 17.6 Å². The highest BCUT2D eigenvalue weighted by molar-refractivity contribution is 7.22. The number of carbonyl (C=O) groups is 2. The van der Waals surface area contributed by atoms with Crippen LogP contribution in [0.2, 0.25) is 0 Å². The quantitative estimate of drug-likeness (QED) is 0.150. The first-order valence-electron chi connectivity index (χ1n) is 15.4. The third kappa shape index (κ3) is 7.03. The number of amides is 1. The number of aromatic carboxylic acids is 1. The van der Waals surface area contributed by atoms with Gasteiger partial charge in [0.05, 0.1) is 11.9 Å². The number of carbonyl (C=O) groups excluding carboxylic acids is 1. The van der Waals surface area contributed by atoms with Crippen molar-refractivity contribution < 1.29 is 23.5 Å². The lowest BCUT2D eigenvalue weighted by atomic mass is 9.98. The van der Waals surface area contributed by atoms with Gasteiger partial charge in [0.2, 0.25) is 11.3 Å². The Bertz CT molecular complexity index is 1980. The molecular formula is C37H37F2N3O4S. The molecule has 0 saturated carbocycles. The van der Waals surface area contributed by atoms with Gasteiger partial charge in [-0.1, -0.05) is 76.2 Å². The molecule has 0 unspecified atom stereocenters. The fraction of sp³-hybridized carbons (Fsp3) is 0.270. The number of thiophene rings is 1. The fourth-order valence-electron chi connectivity index (χ4n) is 5.76. The van der Waals surface area contributed by atoms with Crippen molar-refractivity contribution in [3.8, 4) is 10.4 Å². The van der Waals surface area contributed by atoms with E-state index in [-0.39, 0.29) is 35.0 Å². The molecule has 0 aliphatic heterocycles. The van der Waals surface area contributed by atoms with Crippen LogP contribution in [-0.2, 0) is 24.4 Å². The Hall–Kier alpha value is -4.67. The second-order valence-electron chi connectivity index (χ2n) is 12.3. The average molecular weight is 658 g/mol. The topological polar surface area (TPSA) is 91.6 Å². The summed E-state index contributed by atoms with van der Waals surface area (Å²) in [4.78, 5) is 42.5. The average Bonchev–Trinajstić information content (AvgIpc) is 3.39. The molecule has 5 aromatic rings. The molecule has 1 amide bonds. The number of hydrogen-bond donors (Lipinski definition) is 2. The number of pyridine rings is 1. The zero-order valence-electron chi connectivity index (χ0n) is 26.9. The summed E-state index contributed by atoms with van der Waals surface area (Å²) in [6.07, 6.45) is 0. The van der Waals surface area contributed by atoms with Gasteiger partial charge < -0.3 is 15.0 Å². The lowest BCUT2D eigenvalue weighted by Gasteiger charge is -2.21. The lowest BCUT2D eigenvalue weighted by Crippen LogP contribution is -2.26. The molecule has 0 spiro atoms. The van der Waals surface area contributed by atoms with Crippen molar-refractivity contribution in [3.05, 3.63) is 123 Å². The number of fused-ring (bicyclic) bond motifs is 1. The largest absolute Gasteiger partial charge is 0.477 e. The highest BCUT2D eigenvalue weighted by Crippen LogP contribution is 2.41. The van der Waals surface area contributed by atoms with E-state index in [1.807, 2.05) is 54.4 Å². The zero-order valence-corrected chi connectivity index (χ0v) is 27.8. The van der Waals surface area contributed by atoms with Gasteiger partial charge in [-0.3, -0.25) is 14.5 Å². The molecule has 5 rings (SSSR count). The van der Waals surface area contributed by atoms with E-state index in [1.54, 1.807) is 44.4 Å². The fourth-order valence-corrected chi connectivity index (χ4v) is 7.09. The van der Waals surface area contributed by atoms with Crippen LogP contribution in [0.4, 0.5) is 14.5 Å². The van der Waals surface area contributed by atoms with E-state index in [4.69, 9.17) is 0 Å². The molecule has 0 bridgehead atoms.